The highest BCUT2D eigenvalue weighted by Gasteiger charge is 2.07. The minimum absolute atomic E-state index is 0.0260. The number of aliphatic hydroxyl groups is 2. The highest BCUT2D eigenvalue weighted by atomic mass is 31.0. The zero-order valence-electron chi connectivity index (χ0n) is 43.8. The third-order valence-electron chi connectivity index (χ3n) is 10.3. The molecule has 0 heterocycles. The normalized spacial score (nSPS) is 11.9. The lowest BCUT2D eigenvalue weighted by molar-refractivity contribution is -0.143. The van der Waals surface area contributed by atoms with E-state index in [4.69, 9.17) is 39.9 Å². The van der Waals surface area contributed by atoms with E-state index in [0.29, 0.717) is 74.7 Å². The minimum atomic E-state index is -0.787. The molecule has 0 rings (SSSR count). The van der Waals surface area contributed by atoms with Gasteiger partial charge in [0, 0.05) is 52.3 Å². The first-order chi connectivity index (χ1) is 33.2. The Hall–Kier alpha value is -2.25. The van der Waals surface area contributed by atoms with Gasteiger partial charge in [0.15, 0.2) is 5.78 Å². The number of rotatable bonds is 50. The van der Waals surface area contributed by atoms with Crippen molar-refractivity contribution in [2.75, 3.05) is 79.3 Å². The Balaban J connectivity index is -0.00000117. The number of hydrogen-bond donors (Lipinski definition) is 3. The molecule has 0 bridgehead atoms. The fraction of sp³-hybridized carbons (Fsp3) is 0.849. The molecule has 0 aromatic rings. The van der Waals surface area contributed by atoms with Crippen LogP contribution in [-0.2, 0) is 47.6 Å². The first kappa shape index (κ1) is 66.8. The highest BCUT2D eigenvalue weighted by molar-refractivity contribution is 7.15. The molecular formula is C53H101O13P. The number of aliphatic carboxylic acids is 1. The number of hydrogen-bond acceptors (Lipinski definition) is 12. The van der Waals surface area contributed by atoms with Gasteiger partial charge >= 0.3 is 17.9 Å². The number of unbranched alkanes of at least 4 members (excludes halogenated alkanes) is 21. The zero-order valence-corrected chi connectivity index (χ0v) is 43.8. The van der Waals surface area contributed by atoms with Crippen LogP contribution >= 0.6 is 9.18 Å². The summed E-state index contributed by atoms with van der Waals surface area (Å²) in [6.45, 7) is 10.0. The van der Waals surface area contributed by atoms with Crippen molar-refractivity contribution in [3.8, 4) is 0 Å². The van der Waals surface area contributed by atoms with Crippen molar-refractivity contribution >= 4 is 32.9 Å². The predicted octanol–water partition coefficient (Wildman–Crippen LogP) is 11.5. The largest absolute Gasteiger partial charge is 0.481 e. The van der Waals surface area contributed by atoms with E-state index >= 15 is 0 Å². The van der Waals surface area contributed by atoms with Gasteiger partial charge in [-0.2, -0.15) is 0 Å². The van der Waals surface area contributed by atoms with E-state index in [2.05, 4.69) is 26.0 Å². The van der Waals surface area contributed by atoms with Crippen LogP contribution in [-0.4, -0.2) is 126 Å². The maximum absolute atomic E-state index is 11.7. The second-order valence-electron chi connectivity index (χ2n) is 16.8. The molecule has 3 N–H and O–H groups in total. The number of carbonyl (C=O) groups excluding carboxylic acids is 3. The average molecular weight is 978 g/mol. The number of aliphatic hydroxyl groups excluding tert-OH is 2. The highest BCUT2D eigenvalue weighted by Crippen LogP contribution is 2.09. The van der Waals surface area contributed by atoms with Gasteiger partial charge in [0.2, 0.25) is 0 Å². The maximum Gasteiger partial charge on any atom is 0.306 e. The fourth-order valence-electron chi connectivity index (χ4n) is 6.41. The van der Waals surface area contributed by atoms with E-state index in [1.165, 1.54) is 77.0 Å². The van der Waals surface area contributed by atoms with Gasteiger partial charge in [0.25, 0.3) is 0 Å². The first-order valence-corrected chi connectivity index (χ1v) is 27.2. The van der Waals surface area contributed by atoms with Crippen LogP contribution < -0.4 is 0 Å². The van der Waals surface area contributed by atoms with Crippen molar-refractivity contribution in [2.24, 2.45) is 0 Å². The molecule has 2 unspecified atom stereocenters. The molecule has 0 saturated heterocycles. The van der Waals surface area contributed by atoms with Crippen molar-refractivity contribution < 1.29 is 62.9 Å². The molecule has 0 aliphatic rings. The van der Waals surface area contributed by atoms with Gasteiger partial charge in [0.1, 0.15) is 32.5 Å². The van der Waals surface area contributed by atoms with Crippen LogP contribution in [0.25, 0.3) is 0 Å². The minimum Gasteiger partial charge on any atom is -0.481 e. The number of ether oxygens (including phenoxy) is 6. The van der Waals surface area contributed by atoms with Gasteiger partial charge in [-0.05, 0) is 77.0 Å². The molecular weight excluding hydrogens is 876 g/mol. The Bertz CT molecular complexity index is 1130. The van der Waals surface area contributed by atoms with Gasteiger partial charge < -0.3 is 43.7 Å². The number of Topliss-reactive ketones (excluding diaryl/α,β-unsaturated/α-hetero) is 1. The van der Waals surface area contributed by atoms with Crippen molar-refractivity contribution in [2.45, 2.75) is 213 Å². The molecule has 0 aliphatic heterocycles. The number of carboxylic acids is 1. The molecule has 396 valence electrons. The summed E-state index contributed by atoms with van der Waals surface area (Å²) >= 11 is 0. The van der Waals surface area contributed by atoms with Crippen molar-refractivity contribution in [1.82, 2.24) is 0 Å². The van der Waals surface area contributed by atoms with E-state index in [0.717, 1.165) is 89.9 Å². The van der Waals surface area contributed by atoms with Gasteiger partial charge in [-0.25, -0.2) is 0 Å². The SMILES string of the molecule is CCCCCCCC/C=C\COC(=O)CCCCCOCC(=O)COCCCCCC(=O)O.CCCCCCCC/C=C\COC(=O)CCCCCOCC(O)COCCCCCCO.[2H]PC. The van der Waals surface area contributed by atoms with E-state index in [-0.39, 0.29) is 50.6 Å². The lowest BCUT2D eigenvalue weighted by atomic mass is 10.1. The van der Waals surface area contributed by atoms with Crippen LogP contribution in [0.4, 0.5) is 0 Å². The number of carbonyl (C=O) groups is 4. The van der Waals surface area contributed by atoms with E-state index in [1.807, 2.05) is 18.8 Å². The first-order valence-electron chi connectivity index (χ1n) is 26.7. The molecule has 13 nitrogen and oxygen atoms in total. The third kappa shape index (κ3) is 65.9. The zero-order chi connectivity index (χ0) is 50.7. The molecule has 67 heavy (non-hydrogen) atoms. The number of allylic oxidation sites excluding steroid dienone is 2. The van der Waals surface area contributed by atoms with Gasteiger partial charge in [-0.3, -0.25) is 19.2 Å². The number of carboxylic acid groups (broad SMARTS) is 1. The Morgan fingerprint density at radius 3 is 1.28 bits per heavy atom. The Morgan fingerprint density at radius 2 is 0.866 bits per heavy atom. The lowest BCUT2D eigenvalue weighted by Crippen LogP contribution is -2.22. The Kier molecular flexibility index (Phi) is 61.6. The average Bonchev–Trinajstić information content (AvgIpc) is 3.31. The van der Waals surface area contributed by atoms with Crippen molar-refractivity contribution in [3.05, 3.63) is 24.3 Å². The molecule has 0 amide bonds. The molecule has 0 aromatic heterocycles. The summed E-state index contributed by atoms with van der Waals surface area (Å²) in [5.41, 5.74) is 0. The standard InChI is InChI=1S/C26H46O7.C26H50O6.CH5P/c1-2-3-4-5-6-7-8-9-16-21-33-26(30)18-13-11-15-20-32-23-24(27)22-31-19-14-10-12-17-25(28)29;1-2-3-4-5-6-7-8-10-17-22-32-26(29)18-13-12-16-21-31-24-25(28)23-30-20-15-11-9-14-19-27;1-2/h9,16H,2-8,10-15,17-23H2,1H3,(H,28,29);10,17,25,27-28H,2-9,11-16,18-24H2,1H3;2H2,1H3/b16-9-;17-10-;/i;;2D. The third-order valence-corrected chi connectivity index (χ3v) is 10.3. The number of ketones is 1. The molecule has 0 spiro atoms. The summed E-state index contributed by atoms with van der Waals surface area (Å²) in [5.74, 6) is -1.20. The van der Waals surface area contributed by atoms with Gasteiger partial charge in [-0.1, -0.05) is 141 Å². The quantitative estimate of drug-likeness (QED) is 0.0227. The van der Waals surface area contributed by atoms with E-state index < -0.39 is 12.1 Å². The second-order valence-corrected chi connectivity index (χ2v) is 16.8. The predicted molar refractivity (Wildman–Crippen MR) is 275 cm³/mol. The van der Waals surface area contributed by atoms with E-state index in [1.54, 1.807) is 0 Å². The summed E-state index contributed by atoms with van der Waals surface area (Å²) in [4.78, 5) is 45.4. The molecule has 0 saturated carbocycles. The van der Waals surface area contributed by atoms with E-state index in [9.17, 15) is 24.3 Å². The molecule has 0 aliphatic carbocycles. The lowest BCUT2D eigenvalue weighted by Gasteiger charge is -2.12. The van der Waals surface area contributed by atoms with Crippen LogP contribution in [0.2, 0.25) is 0 Å². The van der Waals surface area contributed by atoms with Crippen molar-refractivity contribution in [3.63, 3.8) is 0 Å². The fourth-order valence-corrected chi connectivity index (χ4v) is 6.41. The topological polar surface area (TPSA) is 184 Å². The summed E-state index contributed by atoms with van der Waals surface area (Å²) in [7, 11) is 0.333. The summed E-state index contributed by atoms with van der Waals surface area (Å²) in [5, 5.41) is 27.0. The summed E-state index contributed by atoms with van der Waals surface area (Å²) < 4.78 is 38.2. The van der Waals surface area contributed by atoms with Gasteiger partial charge in [0.05, 0.1) is 14.5 Å². The summed E-state index contributed by atoms with van der Waals surface area (Å²) in [6, 6.07) is 0. The smallest absolute Gasteiger partial charge is 0.306 e. The Labute approximate surface area is 412 Å². The number of esters is 2. The molecule has 0 aromatic carbocycles. The molecule has 14 heteroatoms. The molecule has 2 atom stereocenters. The summed E-state index contributed by atoms with van der Waals surface area (Å²) in [6.07, 6.45) is 37.1. The van der Waals surface area contributed by atoms with Crippen LogP contribution in [0.3, 0.4) is 0 Å². The monoisotopic (exact) mass is 978 g/mol. The molecule has 0 fully saturated rings. The van der Waals surface area contributed by atoms with Crippen LogP contribution in [0.1, 0.15) is 206 Å². The maximum atomic E-state index is 11.7. The second kappa shape index (κ2) is 61.8. The van der Waals surface area contributed by atoms with Gasteiger partial charge in [-0.15, -0.1) is 9.18 Å². The molecule has 0 radical (unpaired) electrons. The Morgan fingerprint density at radius 1 is 0.507 bits per heavy atom. The van der Waals surface area contributed by atoms with Crippen LogP contribution in [0.5, 0.6) is 0 Å². The van der Waals surface area contributed by atoms with Crippen LogP contribution in [0.15, 0.2) is 24.3 Å². The van der Waals surface area contributed by atoms with Crippen molar-refractivity contribution in [1.29, 1.82) is 1.28 Å². The van der Waals surface area contributed by atoms with Crippen LogP contribution in [0, 0.1) is 0 Å².